The van der Waals surface area contributed by atoms with E-state index < -0.39 is 0 Å². The molecule has 2 fully saturated rings. The van der Waals surface area contributed by atoms with Crippen LogP contribution in [0.1, 0.15) is 23.8 Å². The minimum atomic E-state index is 0.197. The third kappa shape index (κ3) is 4.48. The summed E-state index contributed by atoms with van der Waals surface area (Å²) in [4.78, 5) is 11.3. The highest BCUT2D eigenvalue weighted by Gasteiger charge is 2.40. The van der Waals surface area contributed by atoms with Crippen molar-refractivity contribution in [3.63, 3.8) is 0 Å². The first-order chi connectivity index (χ1) is 12.1. The van der Waals surface area contributed by atoms with Gasteiger partial charge in [0.25, 0.3) is 0 Å². The molecule has 2 aliphatic heterocycles. The molecular weight excluding hydrogens is 338 g/mol. The maximum atomic E-state index is 5.62. The van der Waals surface area contributed by atoms with Crippen LogP contribution in [0.4, 0.5) is 0 Å². The minimum Gasteiger partial charge on any atom is -0.444 e. The van der Waals surface area contributed by atoms with Crippen molar-refractivity contribution in [2.75, 3.05) is 51.4 Å². The van der Waals surface area contributed by atoms with Crippen LogP contribution in [0.3, 0.4) is 0 Å². The molecule has 0 spiro atoms. The first-order valence-corrected chi connectivity index (χ1v) is 10.1. The molecule has 8 heteroatoms. The van der Waals surface area contributed by atoms with Crippen molar-refractivity contribution in [1.29, 1.82) is 0 Å². The van der Waals surface area contributed by atoms with Crippen LogP contribution in [0, 0.1) is 13.8 Å². The second-order valence-corrected chi connectivity index (χ2v) is 7.76. The summed E-state index contributed by atoms with van der Waals surface area (Å²) < 4.78 is 11.1. The van der Waals surface area contributed by atoms with E-state index in [-0.39, 0.29) is 5.54 Å². The van der Waals surface area contributed by atoms with Crippen molar-refractivity contribution in [1.82, 2.24) is 20.5 Å². The topological polar surface area (TPSA) is 74.9 Å². The van der Waals surface area contributed by atoms with Crippen molar-refractivity contribution >= 4 is 17.7 Å². The average Bonchev–Trinajstić information content (AvgIpc) is 3.24. The molecule has 7 nitrogen and oxygen atoms in total. The predicted octanol–water partition coefficient (Wildman–Crippen LogP) is 1.16. The summed E-state index contributed by atoms with van der Waals surface area (Å²) in [5.74, 6) is 4.74. The highest BCUT2D eigenvalue weighted by Crippen LogP contribution is 2.33. The van der Waals surface area contributed by atoms with E-state index in [1.165, 1.54) is 12.2 Å². The van der Waals surface area contributed by atoms with Gasteiger partial charge >= 0.3 is 0 Å². The van der Waals surface area contributed by atoms with Gasteiger partial charge < -0.3 is 19.8 Å². The fraction of sp³-hybridized carbons (Fsp3) is 0.765. The largest absolute Gasteiger partial charge is 0.444 e. The smallest absolute Gasteiger partial charge is 0.214 e. The number of oxazole rings is 1. The normalized spacial score (nSPS) is 25.3. The molecule has 3 rings (SSSR count). The third-order valence-corrected chi connectivity index (χ3v) is 6.29. The van der Waals surface area contributed by atoms with Crippen LogP contribution in [0.15, 0.2) is 9.41 Å². The van der Waals surface area contributed by atoms with E-state index in [0.717, 1.165) is 56.0 Å². The third-order valence-electron chi connectivity index (χ3n) is 5.05. The fourth-order valence-corrected chi connectivity index (χ4v) is 4.86. The summed E-state index contributed by atoms with van der Waals surface area (Å²) in [5, 5.41) is 6.82. The highest BCUT2D eigenvalue weighted by molar-refractivity contribution is 7.99. The maximum Gasteiger partial charge on any atom is 0.214 e. The first-order valence-electron chi connectivity index (χ1n) is 8.91. The predicted molar refractivity (Wildman–Crippen MR) is 101 cm³/mol. The zero-order valence-corrected chi connectivity index (χ0v) is 16.2. The van der Waals surface area contributed by atoms with E-state index in [1.54, 1.807) is 7.05 Å². The van der Waals surface area contributed by atoms with E-state index in [9.17, 15) is 0 Å². The van der Waals surface area contributed by atoms with Crippen LogP contribution >= 0.6 is 11.8 Å². The molecule has 0 aromatic carbocycles. The lowest BCUT2D eigenvalue weighted by atomic mass is 9.95. The zero-order valence-electron chi connectivity index (χ0n) is 15.4. The van der Waals surface area contributed by atoms with Crippen molar-refractivity contribution < 1.29 is 9.15 Å². The molecule has 0 saturated carbocycles. The molecule has 2 N–H and O–H groups in total. The van der Waals surface area contributed by atoms with Gasteiger partial charge in [0.05, 0.1) is 25.5 Å². The Morgan fingerprint density at radius 3 is 2.72 bits per heavy atom. The van der Waals surface area contributed by atoms with Gasteiger partial charge in [-0.3, -0.25) is 9.89 Å². The summed E-state index contributed by atoms with van der Waals surface area (Å²) in [6.07, 6.45) is 1.21. The van der Waals surface area contributed by atoms with E-state index in [0.29, 0.717) is 12.4 Å². The summed E-state index contributed by atoms with van der Waals surface area (Å²) in [5.41, 5.74) is 1.14. The Hall–Kier alpha value is -1.25. The molecule has 1 aromatic rings. The van der Waals surface area contributed by atoms with Crippen molar-refractivity contribution in [3.05, 3.63) is 17.3 Å². The molecule has 0 radical (unpaired) electrons. The summed E-state index contributed by atoms with van der Waals surface area (Å²) in [6.45, 7) is 9.02. The number of thioether (sulfide) groups is 1. The second-order valence-electron chi connectivity index (χ2n) is 6.65. The summed E-state index contributed by atoms with van der Waals surface area (Å²) in [7, 11) is 1.80. The van der Waals surface area contributed by atoms with Gasteiger partial charge in [-0.05, 0) is 26.0 Å². The molecular formula is C17H29N5O2S. The Labute approximate surface area is 154 Å². The minimum absolute atomic E-state index is 0.197. The number of nitrogens with one attached hydrogen (secondary N) is 2. The number of guanidine groups is 1. The number of ether oxygens (including phenoxy) is 1. The Kier molecular flexibility index (Phi) is 6.24. The number of aryl methyl sites for hydroxylation is 2. The molecule has 0 amide bonds. The van der Waals surface area contributed by atoms with E-state index >= 15 is 0 Å². The number of rotatable bonds is 5. The summed E-state index contributed by atoms with van der Waals surface area (Å²) in [6, 6.07) is 0. The number of hydrogen-bond acceptors (Lipinski definition) is 6. The monoisotopic (exact) mass is 367 g/mol. The Bertz CT molecular complexity index is 572. The Morgan fingerprint density at radius 1 is 1.32 bits per heavy atom. The van der Waals surface area contributed by atoms with Crippen LogP contribution in [-0.2, 0) is 11.3 Å². The lowest BCUT2D eigenvalue weighted by Crippen LogP contribution is -2.60. The summed E-state index contributed by atoms with van der Waals surface area (Å²) >= 11 is 2.04. The number of morpholine rings is 1. The quantitative estimate of drug-likeness (QED) is 0.598. The van der Waals surface area contributed by atoms with Gasteiger partial charge in [-0.15, -0.1) is 0 Å². The first kappa shape index (κ1) is 18.5. The lowest BCUT2D eigenvalue weighted by Gasteiger charge is -2.43. The van der Waals surface area contributed by atoms with Crippen molar-refractivity contribution in [2.24, 2.45) is 4.99 Å². The van der Waals surface area contributed by atoms with Crippen LogP contribution in [0.5, 0.6) is 0 Å². The molecule has 0 aliphatic carbocycles. The molecule has 1 unspecified atom stereocenters. The second kappa shape index (κ2) is 8.42. The van der Waals surface area contributed by atoms with Gasteiger partial charge in [-0.2, -0.15) is 11.8 Å². The number of nitrogens with zero attached hydrogens (tertiary/aromatic N) is 3. The fourth-order valence-electron chi connectivity index (χ4n) is 3.38. The van der Waals surface area contributed by atoms with Gasteiger partial charge in [0.1, 0.15) is 5.76 Å². The molecule has 25 heavy (non-hydrogen) atoms. The Balaban J connectivity index is 1.55. The van der Waals surface area contributed by atoms with Crippen LogP contribution in [0.25, 0.3) is 0 Å². The number of aromatic nitrogens is 1. The number of hydrogen-bond donors (Lipinski definition) is 2. The van der Waals surface area contributed by atoms with Gasteiger partial charge in [-0.25, -0.2) is 4.98 Å². The van der Waals surface area contributed by atoms with Gasteiger partial charge in [-0.1, -0.05) is 0 Å². The molecule has 2 aliphatic rings. The van der Waals surface area contributed by atoms with Crippen LogP contribution in [-0.4, -0.2) is 72.8 Å². The molecule has 0 bridgehead atoms. The van der Waals surface area contributed by atoms with E-state index in [4.69, 9.17) is 9.15 Å². The van der Waals surface area contributed by atoms with Crippen molar-refractivity contribution in [3.8, 4) is 0 Å². The van der Waals surface area contributed by atoms with Gasteiger partial charge in [0.2, 0.25) is 5.89 Å². The van der Waals surface area contributed by atoms with E-state index in [2.05, 4.69) is 25.5 Å². The molecule has 140 valence electrons. The standard InChI is InChI=1S/C17H29N5O2S/c1-13-14(2)24-15(21-13)10-19-16(18-3)20-11-17(4-9-25-12-17)22-5-7-23-8-6-22/h4-12H2,1-3H3,(H2,18,19,20). The maximum absolute atomic E-state index is 5.62. The zero-order chi connectivity index (χ0) is 17.7. The average molecular weight is 368 g/mol. The van der Waals surface area contributed by atoms with Gasteiger partial charge in [0.15, 0.2) is 5.96 Å². The van der Waals surface area contributed by atoms with E-state index in [1.807, 2.05) is 25.6 Å². The van der Waals surface area contributed by atoms with Crippen molar-refractivity contribution in [2.45, 2.75) is 32.4 Å². The molecule has 1 aromatic heterocycles. The van der Waals surface area contributed by atoms with Gasteiger partial charge in [0, 0.05) is 38.0 Å². The molecule has 1 atom stereocenters. The lowest BCUT2D eigenvalue weighted by molar-refractivity contribution is -0.0120. The SMILES string of the molecule is CN=C(NCc1nc(C)c(C)o1)NCC1(N2CCOCC2)CCSC1. The molecule has 3 heterocycles. The molecule has 2 saturated heterocycles. The Morgan fingerprint density at radius 2 is 2.12 bits per heavy atom. The van der Waals surface area contributed by atoms with Crippen LogP contribution < -0.4 is 10.6 Å². The van der Waals surface area contributed by atoms with Crippen LogP contribution in [0.2, 0.25) is 0 Å². The number of aliphatic imine (C=N–C) groups is 1. The highest BCUT2D eigenvalue weighted by atomic mass is 32.2.